The molecular formula is C20H12FN3O3. The normalized spacial score (nSPS) is 12.9. The number of imide groups is 1. The number of fused-ring (bicyclic) bond motifs is 1. The first kappa shape index (κ1) is 16.6. The Balaban J connectivity index is 1.64. The molecule has 0 atom stereocenters. The second kappa shape index (κ2) is 6.45. The van der Waals surface area contributed by atoms with Gasteiger partial charge in [-0.25, -0.2) is 9.29 Å². The van der Waals surface area contributed by atoms with E-state index in [9.17, 15) is 18.8 Å². The Morgan fingerprint density at radius 1 is 0.963 bits per heavy atom. The van der Waals surface area contributed by atoms with Crippen LogP contribution < -0.4 is 10.2 Å². The van der Waals surface area contributed by atoms with Crippen LogP contribution in [0.15, 0.2) is 66.9 Å². The zero-order valence-corrected chi connectivity index (χ0v) is 13.8. The molecule has 0 radical (unpaired) electrons. The van der Waals surface area contributed by atoms with Gasteiger partial charge in [0.05, 0.1) is 16.9 Å². The van der Waals surface area contributed by atoms with Crippen LogP contribution in [-0.4, -0.2) is 22.7 Å². The fourth-order valence-electron chi connectivity index (χ4n) is 2.84. The zero-order valence-electron chi connectivity index (χ0n) is 13.8. The Hall–Kier alpha value is -3.87. The summed E-state index contributed by atoms with van der Waals surface area (Å²) in [6.07, 6.45) is 1.44. The number of rotatable bonds is 3. The van der Waals surface area contributed by atoms with E-state index in [1.165, 1.54) is 42.6 Å². The highest BCUT2D eigenvalue weighted by Gasteiger charge is 2.37. The summed E-state index contributed by atoms with van der Waals surface area (Å²) in [5.74, 6) is -2.18. The number of aromatic nitrogens is 1. The number of halogens is 1. The quantitative estimate of drug-likeness (QED) is 0.726. The summed E-state index contributed by atoms with van der Waals surface area (Å²) in [4.78, 5) is 42.4. The highest BCUT2D eigenvalue weighted by atomic mass is 19.1. The standard InChI is InChI=1S/C20H12FN3O3/c21-15-8-1-2-9-16(15)23-18(25)12-5-3-6-13(11-12)24-19(26)14-7-4-10-22-17(14)20(24)27/h1-11H,(H,23,25). The van der Waals surface area contributed by atoms with Crippen molar-refractivity contribution in [2.45, 2.75) is 0 Å². The number of pyridine rings is 1. The molecule has 2 aromatic carbocycles. The van der Waals surface area contributed by atoms with E-state index < -0.39 is 23.5 Å². The Bertz CT molecular complexity index is 1060. The molecule has 27 heavy (non-hydrogen) atoms. The van der Waals surface area contributed by atoms with Crippen LogP contribution in [0.3, 0.4) is 0 Å². The lowest BCUT2D eigenvalue weighted by Crippen LogP contribution is -2.29. The van der Waals surface area contributed by atoms with E-state index in [2.05, 4.69) is 10.3 Å². The van der Waals surface area contributed by atoms with Gasteiger partial charge in [0.2, 0.25) is 0 Å². The number of hydrogen-bond acceptors (Lipinski definition) is 4. The van der Waals surface area contributed by atoms with E-state index in [0.29, 0.717) is 0 Å². The number of benzene rings is 2. The largest absolute Gasteiger partial charge is 0.319 e. The summed E-state index contributed by atoms with van der Waals surface area (Å²) in [6.45, 7) is 0. The first-order valence-electron chi connectivity index (χ1n) is 8.06. The molecule has 7 heteroatoms. The first-order valence-corrected chi connectivity index (χ1v) is 8.06. The van der Waals surface area contributed by atoms with Gasteiger partial charge >= 0.3 is 0 Å². The van der Waals surface area contributed by atoms with Crippen LogP contribution in [0.4, 0.5) is 15.8 Å². The SMILES string of the molecule is O=C(Nc1ccccc1F)c1cccc(N2C(=O)c3cccnc3C2=O)c1. The van der Waals surface area contributed by atoms with E-state index in [1.807, 2.05) is 0 Å². The van der Waals surface area contributed by atoms with E-state index in [-0.39, 0.29) is 28.2 Å². The lowest BCUT2D eigenvalue weighted by Gasteiger charge is -2.14. The molecule has 1 N–H and O–H groups in total. The summed E-state index contributed by atoms with van der Waals surface area (Å²) < 4.78 is 13.7. The van der Waals surface area contributed by atoms with E-state index in [1.54, 1.807) is 24.3 Å². The first-order chi connectivity index (χ1) is 13.1. The van der Waals surface area contributed by atoms with Crippen molar-refractivity contribution in [3.05, 3.63) is 89.5 Å². The summed E-state index contributed by atoms with van der Waals surface area (Å²) in [6, 6.07) is 14.9. The van der Waals surface area contributed by atoms with Crippen LogP contribution in [0.25, 0.3) is 0 Å². The van der Waals surface area contributed by atoms with Gasteiger partial charge in [-0.1, -0.05) is 18.2 Å². The number of hydrogen-bond donors (Lipinski definition) is 1. The number of nitrogens with one attached hydrogen (secondary N) is 1. The summed E-state index contributed by atoms with van der Waals surface area (Å²) in [5, 5.41) is 2.47. The van der Waals surface area contributed by atoms with Crippen molar-refractivity contribution in [2.75, 3.05) is 10.2 Å². The van der Waals surface area contributed by atoms with Crippen LogP contribution in [0.2, 0.25) is 0 Å². The fourth-order valence-corrected chi connectivity index (χ4v) is 2.84. The number of anilines is 2. The Labute approximate surface area is 153 Å². The molecule has 4 rings (SSSR count). The second-order valence-electron chi connectivity index (χ2n) is 5.83. The molecule has 2 heterocycles. The minimum absolute atomic E-state index is 0.0397. The molecule has 0 saturated carbocycles. The highest BCUT2D eigenvalue weighted by Crippen LogP contribution is 2.27. The molecule has 0 unspecified atom stereocenters. The van der Waals surface area contributed by atoms with Crippen LogP contribution in [0.5, 0.6) is 0 Å². The van der Waals surface area contributed by atoms with E-state index >= 15 is 0 Å². The number of nitrogens with zero attached hydrogens (tertiary/aromatic N) is 2. The minimum atomic E-state index is -0.562. The third-order valence-electron chi connectivity index (χ3n) is 4.14. The van der Waals surface area contributed by atoms with Gasteiger partial charge < -0.3 is 5.32 Å². The van der Waals surface area contributed by atoms with Gasteiger partial charge in [-0.15, -0.1) is 0 Å². The predicted octanol–water partition coefficient (Wildman–Crippen LogP) is 3.27. The molecule has 3 aromatic rings. The topological polar surface area (TPSA) is 79.4 Å². The third kappa shape index (κ3) is 2.85. The lowest BCUT2D eigenvalue weighted by atomic mass is 10.1. The summed E-state index contributed by atoms with van der Waals surface area (Å²) in [7, 11) is 0. The average molecular weight is 361 g/mol. The predicted molar refractivity (Wildman–Crippen MR) is 96.2 cm³/mol. The van der Waals surface area contributed by atoms with Gasteiger partial charge in [-0.05, 0) is 42.5 Å². The van der Waals surface area contributed by atoms with E-state index in [4.69, 9.17) is 0 Å². The summed E-state index contributed by atoms with van der Waals surface area (Å²) in [5.41, 5.74) is 0.745. The maximum absolute atomic E-state index is 13.7. The molecule has 0 saturated heterocycles. The van der Waals surface area contributed by atoms with Gasteiger partial charge in [0, 0.05) is 11.8 Å². The van der Waals surface area contributed by atoms with Crippen LogP contribution >= 0.6 is 0 Å². The molecule has 1 aliphatic rings. The Kier molecular flexibility index (Phi) is 3.97. The third-order valence-corrected chi connectivity index (χ3v) is 4.14. The molecule has 0 bridgehead atoms. The van der Waals surface area contributed by atoms with Gasteiger partial charge in [0.1, 0.15) is 11.5 Å². The van der Waals surface area contributed by atoms with Crippen molar-refractivity contribution in [3.63, 3.8) is 0 Å². The molecule has 6 nitrogen and oxygen atoms in total. The molecule has 3 amide bonds. The molecule has 1 aliphatic heterocycles. The van der Waals surface area contributed by atoms with Crippen LogP contribution in [0, 0.1) is 5.82 Å². The maximum Gasteiger partial charge on any atom is 0.284 e. The minimum Gasteiger partial charge on any atom is -0.319 e. The molecule has 0 fully saturated rings. The van der Waals surface area contributed by atoms with Gasteiger partial charge in [-0.3, -0.25) is 19.4 Å². The van der Waals surface area contributed by atoms with Crippen molar-refractivity contribution in [2.24, 2.45) is 0 Å². The number of carbonyl (C=O) groups excluding carboxylic acids is 3. The van der Waals surface area contributed by atoms with Crippen molar-refractivity contribution in [1.29, 1.82) is 0 Å². The molecular weight excluding hydrogens is 349 g/mol. The molecule has 0 aliphatic carbocycles. The smallest absolute Gasteiger partial charge is 0.284 e. The van der Waals surface area contributed by atoms with Crippen molar-refractivity contribution in [1.82, 2.24) is 4.98 Å². The Morgan fingerprint density at radius 2 is 1.78 bits per heavy atom. The molecule has 132 valence electrons. The van der Waals surface area contributed by atoms with Crippen molar-refractivity contribution >= 4 is 29.1 Å². The van der Waals surface area contributed by atoms with Gasteiger partial charge in [0.15, 0.2) is 0 Å². The molecule has 0 spiro atoms. The number of para-hydroxylation sites is 1. The van der Waals surface area contributed by atoms with E-state index in [0.717, 1.165) is 4.90 Å². The number of carbonyl (C=O) groups is 3. The Morgan fingerprint density at radius 3 is 2.56 bits per heavy atom. The lowest BCUT2D eigenvalue weighted by molar-refractivity contribution is 0.0922. The molecule has 1 aromatic heterocycles. The number of amides is 3. The highest BCUT2D eigenvalue weighted by molar-refractivity contribution is 6.33. The second-order valence-corrected chi connectivity index (χ2v) is 5.83. The van der Waals surface area contributed by atoms with Gasteiger partial charge in [-0.2, -0.15) is 0 Å². The van der Waals surface area contributed by atoms with Gasteiger partial charge in [0.25, 0.3) is 17.7 Å². The van der Waals surface area contributed by atoms with Crippen molar-refractivity contribution < 1.29 is 18.8 Å². The fraction of sp³-hybridized carbons (Fsp3) is 0. The van der Waals surface area contributed by atoms with Crippen molar-refractivity contribution in [3.8, 4) is 0 Å². The average Bonchev–Trinajstić information content (AvgIpc) is 2.94. The summed E-state index contributed by atoms with van der Waals surface area (Å²) >= 11 is 0. The zero-order chi connectivity index (χ0) is 19.0. The maximum atomic E-state index is 13.7. The monoisotopic (exact) mass is 361 g/mol. The van der Waals surface area contributed by atoms with Crippen LogP contribution in [0.1, 0.15) is 31.2 Å². The van der Waals surface area contributed by atoms with Crippen LogP contribution in [-0.2, 0) is 0 Å².